The molecule has 0 aliphatic heterocycles. The lowest BCUT2D eigenvalue weighted by Crippen LogP contribution is -1.92. The number of benzene rings is 2. The third-order valence-corrected chi connectivity index (χ3v) is 3.71. The van der Waals surface area contributed by atoms with E-state index in [1.807, 2.05) is 6.07 Å². The van der Waals surface area contributed by atoms with Crippen LogP contribution in [0, 0.1) is 0 Å². The van der Waals surface area contributed by atoms with Crippen LogP contribution >= 0.6 is 11.6 Å². The SMILES string of the molecule is CCc1ccc(Cc2cc(CC)ccc2Cl)cc1. The van der Waals surface area contributed by atoms with E-state index in [4.69, 9.17) is 11.6 Å². The fourth-order valence-corrected chi connectivity index (χ4v) is 2.28. The second kappa shape index (κ2) is 6.06. The Kier molecular flexibility index (Phi) is 4.43. The van der Waals surface area contributed by atoms with Crippen molar-refractivity contribution < 1.29 is 0 Å². The molecule has 0 heterocycles. The second-order valence-electron chi connectivity index (χ2n) is 4.63. The van der Waals surface area contributed by atoms with E-state index in [1.54, 1.807) is 0 Å². The molecule has 0 radical (unpaired) electrons. The van der Waals surface area contributed by atoms with E-state index >= 15 is 0 Å². The summed E-state index contributed by atoms with van der Waals surface area (Å²) in [5.74, 6) is 0. The lowest BCUT2D eigenvalue weighted by molar-refractivity contribution is 1.10. The molecule has 94 valence electrons. The molecule has 0 fully saturated rings. The fraction of sp³-hybridized carbons (Fsp3) is 0.294. The van der Waals surface area contributed by atoms with Crippen molar-refractivity contribution in [3.05, 3.63) is 69.7 Å². The van der Waals surface area contributed by atoms with Crippen LogP contribution in [0.1, 0.15) is 36.1 Å². The highest BCUT2D eigenvalue weighted by Crippen LogP contribution is 2.21. The zero-order valence-corrected chi connectivity index (χ0v) is 11.8. The molecule has 0 nitrogen and oxygen atoms in total. The van der Waals surface area contributed by atoms with Crippen LogP contribution < -0.4 is 0 Å². The van der Waals surface area contributed by atoms with Gasteiger partial charge in [0.1, 0.15) is 0 Å². The summed E-state index contributed by atoms with van der Waals surface area (Å²) in [4.78, 5) is 0. The van der Waals surface area contributed by atoms with E-state index < -0.39 is 0 Å². The number of halogens is 1. The minimum Gasteiger partial charge on any atom is -0.0840 e. The van der Waals surface area contributed by atoms with Crippen molar-refractivity contribution in [3.8, 4) is 0 Å². The summed E-state index contributed by atoms with van der Waals surface area (Å²) in [6, 6.07) is 15.1. The maximum Gasteiger partial charge on any atom is 0.0441 e. The molecule has 0 N–H and O–H groups in total. The molecule has 2 aromatic carbocycles. The first-order valence-corrected chi connectivity index (χ1v) is 6.95. The zero-order valence-electron chi connectivity index (χ0n) is 11.0. The molecule has 0 spiro atoms. The largest absolute Gasteiger partial charge is 0.0840 e. The van der Waals surface area contributed by atoms with Crippen LogP contribution in [0.4, 0.5) is 0 Å². The quantitative estimate of drug-likeness (QED) is 0.719. The second-order valence-corrected chi connectivity index (χ2v) is 5.03. The summed E-state index contributed by atoms with van der Waals surface area (Å²) in [5, 5.41) is 0.867. The molecular formula is C17H19Cl. The molecule has 0 amide bonds. The molecule has 2 rings (SSSR count). The molecule has 0 aliphatic carbocycles. The standard InChI is InChI=1S/C17H19Cl/c1-3-13-5-7-15(8-6-13)12-16-11-14(4-2)9-10-17(16)18/h5-11H,3-4,12H2,1-2H3. The van der Waals surface area contributed by atoms with Gasteiger partial charge < -0.3 is 0 Å². The minimum absolute atomic E-state index is 0.867. The number of hydrogen-bond acceptors (Lipinski definition) is 0. The summed E-state index contributed by atoms with van der Waals surface area (Å²) in [6.45, 7) is 4.35. The van der Waals surface area contributed by atoms with Crippen LogP contribution in [-0.4, -0.2) is 0 Å². The van der Waals surface area contributed by atoms with Gasteiger partial charge in [0.25, 0.3) is 0 Å². The average molecular weight is 259 g/mol. The smallest absolute Gasteiger partial charge is 0.0441 e. The highest BCUT2D eigenvalue weighted by molar-refractivity contribution is 6.31. The van der Waals surface area contributed by atoms with Gasteiger partial charge in [-0.1, -0.05) is 61.8 Å². The van der Waals surface area contributed by atoms with Crippen LogP contribution in [-0.2, 0) is 19.3 Å². The summed E-state index contributed by atoms with van der Waals surface area (Å²) in [7, 11) is 0. The van der Waals surface area contributed by atoms with E-state index in [9.17, 15) is 0 Å². The Balaban J connectivity index is 2.21. The molecular weight excluding hydrogens is 240 g/mol. The van der Waals surface area contributed by atoms with E-state index in [1.165, 1.54) is 22.3 Å². The maximum absolute atomic E-state index is 6.26. The Labute approximate surface area is 115 Å². The molecule has 0 aliphatic rings. The zero-order chi connectivity index (χ0) is 13.0. The third-order valence-electron chi connectivity index (χ3n) is 3.34. The Morgan fingerprint density at radius 1 is 0.778 bits per heavy atom. The monoisotopic (exact) mass is 258 g/mol. The molecule has 0 bridgehead atoms. The van der Waals surface area contributed by atoms with Crippen LogP contribution in [0.3, 0.4) is 0 Å². The van der Waals surface area contributed by atoms with Crippen molar-refractivity contribution in [2.45, 2.75) is 33.1 Å². The van der Waals surface area contributed by atoms with E-state index in [0.29, 0.717) is 0 Å². The van der Waals surface area contributed by atoms with Crippen molar-refractivity contribution in [1.29, 1.82) is 0 Å². The lowest BCUT2D eigenvalue weighted by atomic mass is 10.0. The Morgan fingerprint density at radius 2 is 1.33 bits per heavy atom. The highest BCUT2D eigenvalue weighted by atomic mass is 35.5. The minimum atomic E-state index is 0.867. The van der Waals surface area contributed by atoms with E-state index in [2.05, 4.69) is 50.2 Å². The van der Waals surface area contributed by atoms with Gasteiger partial charge in [0.15, 0.2) is 0 Å². The number of hydrogen-bond donors (Lipinski definition) is 0. The molecule has 18 heavy (non-hydrogen) atoms. The van der Waals surface area contributed by atoms with Crippen LogP contribution in [0.2, 0.25) is 5.02 Å². The van der Waals surface area contributed by atoms with Crippen LogP contribution in [0.15, 0.2) is 42.5 Å². The van der Waals surface area contributed by atoms with Gasteiger partial charge in [0, 0.05) is 5.02 Å². The highest BCUT2D eigenvalue weighted by Gasteiger charge is 2.03. The molecule has 0 saturated heterocycles. The number of aryl methyl sites for hydroxylation is 2. The van der Waals surface area contributed by atoms with Gasteiger partial charge in [-0.25, -0.2) is 0 Å². The predicted molar refractivity (Wildman–Crippen MR) is 79.5 cm³/mol. The first-order valence-electron chi connectivity index (χ1n) is 6.58. The Hall–Kier alpha value is -1.27. The summed E-state index contributed by atoms with van der Waals surface area (Å²) in [6.07, 6.45) is 3.06. The van der Waals surface area contributed by atoms with Gasteiger partial charge in [-0.05, 0) is 47.6 Å². The number of rotatable bonds is 4. The van der Waals surface area contributed by atoms with Gasteiger partial charge >= 0.3 is 0 Å². The maximum atomic E-state index is 6.26. The van der Waals surface area contributed by atoms with Crippen molar-refractivity contribution in [2.24, 2.45) is 0 Å². The first kappa shape index (κ1) is 13.2. The van der Waals surface area contributed by atoms with E-state index in [0.717, 1.165) is 24.3 Å². The lowest BCUT2D eigenvalue weighted by Gasteiger charge is -2.07. The molecule has 0 saturated carbocycles. The van der Waals surface area contributed by atoms with Crippen molar-refractivity contribution in [2.75, 3.05) is 0 Å². The van der Waals surface area contributed by atoms with Crippen molar-refractivity contribution in [3.63, 3.8) is 0 Å². The molecule has 0 aromatic heterocycles. The summed E-state index contributed by atoms with van der Waals surface area (Å²) < 4.78 is 0. The molecule has 1 heteroatoms. The topological polar surface area (TPSA) is 0 Å². The van der Waals surface area contributed by atoms with Gasteiger partial charge in [-0.2, -0.15) is 0 Å². The summed E-state index contributed by atoms with van der Waals surface area (Å²) in [5.41, 5.74) is 5.27. The average Bonchev–Trinajstić information content (AvgIpc) is 2.42. The van der Waals surface area contributed by atoms with Gasteiger partial charge in [-0.3, -0.25) is 0 Å². The molecule has 0 unspecified atom stereocenters. The Bertz CT molecular complexity index is 512. The summed E-state index contributed by atoms with van der Waals surface area (Å²) >= 11 is 6.26. The predicted octanol–water partition coefficient (Wildman–Crippen LogP) is 5.06. The van der Waals surface area contributed by atoms with Gasteiger partial charge in [-0.15, -0.1) is 0 Å². The normalized spacial score (nSPS) is 10.6. The van der Waals surface area contributed by atoms with Crippen molar-refractivity contribution in [1.82, 2.24) is 0 Å². The van der Waals surface area contributed by atoms with E-state index in [-0.39, 0.29) is 0 Å². The van der Waals surface area contributed by atoms with Gasteiger partial charge in [0.05, 0.1) is 0 Å². The first-order chi connectivity index (χ1) is 8.72. The Morgan fingerprint density at radius 3 is 1.94 bits per heavy atom. The fourth-order valence-electron chi connectivity index (χ4n) is 2.10. The van der Waals surface area contributed by atoms with Crippen LogP contribution in [0.5, 0.6) is 0 Å². The van der Waals surface area contributed by atoms with Crippen molar-refractivity contribution >= 4 is 11.6 Å². The third kappa shape index (κ3) is 3.14. The van der Waals surface area contributed by atoms with Crippen LogP contribution in [0.25, 0.3) is 0 Å². The molecule has 2 aromatic rings. The van der Waals surface area contributed by atoms with Gasteiger partial charge in [0.2, 0.25) is 0 Å². The molecule has 0 atom stereocenters.